The Morgan fingerprint density at radius 1 is 1.20 bits per heavy atom. The minimum atomic E-state index is -0.483. The average Bonchev–Trinajstić information content (AvgIpc) is 3.29. The third kappa shape index (κ3) is 4.78. The number of rotatable bonds is 7. The van der Waals surface area contributed by atoms with Gasteiger partial charge in [0, 0.05) is 20.9 Å². The molecule has 0 saturated heterocycles. The van der Waals surface area contributed by atoms with Crippen LogP contribution in [-0.4, -0.2) is 23.3 Å². The van der Waals surface area contributed by atoms with Crippen LogP contribution in [0.15, 0.2) is 52.2 Å². The molecule has 3 aromatic rings. The van der Waals surface area contributed by atoms with Gasteiger partial charge < -0.3 is 4.74 Å². The van der Waals surface area contributed by atoms with E-state index >= 15 is 0 Å². The number of aryl methyl sites for hydroxylation is 1. The largest absolute Gasteiger partial charge is 0.454 e. The van der Waals surface area contributed by atoms with Gasteiger partial charge in [-0.2, -0.15) is 0 Å². The summed E-state index contributed by atoms with van der Waals surface area (Å²) in [7, 11) is 0. The van der Waals surface area contributed by atoms with Crippen LogP contribution in [0.4, 0.5) is 0 Å². The summed E-state index contributed by atoms with van der Waals surface area (Å²) in [6, 6.07) is 10.9. The molecule has 0 unspecified atom stereocenters. The summed E-state index contributed by atoms with van der Waals surface area (Å²) in [6.45, 7) is 1.69. The van der Waals surface area contributed by atoms with Crippen LogP contribution in [0.5, 0.6) is 0 Å². The minimum Gasteiger partial charge on any atom is -0.454 e. The van der Waals surface area contributed by atoms with Crippen molar-refractivity contribution in [3.8, 4) is 0 Å². The van der Waals surface area contributed by atoms with Crippen LogP contribution < -0.4 is 0 Å². The van der Waals surface area contributed by atoms with Gasteiger partial charge in [0.25, 0.3) is 0 Å². The molecular weight excluding hydrogens is 374 g/mol. The van der Waals surface area contributed by atoms with Crippen LogP contribution in [-0.2, 0) is 10.5 Å². The molecule has 7 heteroatoms. The van der Waals surface area contributed by atoms with Crippen molar-refractivity contribution in [2.45, 2.75) is 17.6 Å². The molecule has 128 valence electrons. The van der Waals surface area contributed by atoms with Crippen molar-refractivity contribution in [2.75, 3.05) is 6.61 Å². The Hall–Kier alpha value is -1.96. The van der Waals surface area contributed by atoms with Gasteiger partial charge in [-0.25, -0.2) is 9.78 Å². The first kappa shape index (κ1) is 17.8. The van der Waals surface area contributed by atoms with Crippen LogP contribution in [0.25, 0.3) is 0 Å². The summed E-state index contributed by atoms with van der Waals surface area (Å²) in [4.78, 5) is 31.2. The zero-order valence-corrected chi connectivity index (χ0v) is 15.9. The highest BCUT2D eigenvalue weighted by Gasteiger charge is 2.16. The number of thiophene rings is 1. The molecule has 0 aliphatic rings. The van der Waals surface area contributed by atoms with Crippen LogP contribution in [0.3, 0.4) is 0 Å². The maximum atomic E-state index is 12.4. The number of ketones is 1. The smallest absolute Gasteiger partial charge is 0.339 e. The third-order valence-corrected chi connectivity index (χ3v) is 6.10. The van der Waals surface area contributed by atoms with E-state index < -0.39 is 5.97 Å². The first-order valence-corrected chi connectivity index (χ1v) is 10.2. The first-order chi connectivity index (χ1) is 12.1. The third-order valence-electron chi connectivity index (χ3n) is 3.32. The first-order valence-electron chi connectivity index (χ1n) is 7.49. The van der Waals surface area contributed by atoms with Crippen molar-refractivity contribution >= 4 is 46.2 Å². The number of aromatic nitrogens is 1. The Morgan fingerprint density at radius 2 is 2.04 bits per heavy atom. The number of thiazole rings is 1. The lowest BCUT2D eigenvalue weighted by molar-refractivity contribution is 0.0472. The van der Waals surface area contributed by atoms with Gasteiger partial charge in [-0.05, 0) is 31.2 Å². The number of nitrogens with zero attached hydrogens (tertiary/aromatic N) is 1. The average molecular weight is 390 g/mol. The number of carbonyl (C=O) groups is 2. The summed E-state index contributed by atoms with van der Waals surface area (Å²) >= 11 is 4.47. The lowest BCUT2D eigenvalue weighted by atomic mass is 10.2. The zero-order valence-electron chi connectivity index (χ0n) is 13.4. The summed E-state index contributed by atoms with van der Waals surface area (Å²) in [6.07, 6.45) is 0. The molecule has 0 atom stereocenters. The SMILES string of the molecule is Cc1ccc(C(=O)COC(=O)c2ccccc2SCc2cscn2)s1. The number of thioether (sulfide) groups is 1. The van der Waals surface area contributed by atoms with E-state index in [1.165, 1.54) is 23.1 Å². The zero-order chi connectivity index (χ0) is 17.6. The second-order valence-electron chi connectivity index (χ2n) is 5.17. The quantitative estimate of drug-likeness (QED) is 0.329. The Morgan fingerprint density at radius 3 is 2.76 bits per heavy atom. The molecule has 2 heterocycles. The van der Waals surface area contributed by atoms with Crippen LogP contribution in [0.2, 0.25) is 0 Å². The number of esters is 1. The molecule has 3 rings (SSSR count). The Balaban J connectivity index is 1.62. The molecule has 0 aliphatic carbocycles. The van der Waals surface area contributed by atoms with Crippen LogP contribution >= 0.6 is 34.4 Å². The molecule has 0 bridgehead atoms. The molecule has 0 fully saturated rings. The van der Waals surface area contributed by atoms with E-state index in [0.29, 0.717) is 16.2 Å². The summed E-state index contributed by atoms with van der Waals surface area (Å²) in [5.74, 6) is 0.0170. The molecule has 4 nitrogen and oxygen atoms in total. The highest BCUT2D eigenvalue weighted by Crippen LogP contribution is 2.27. The van der Waals surface area contributed by atoms with E-state index in [1.807, 2.05) is 30.5 Å². The van der Waals surface area contributed by atoms with E-state index in [0.717, 1.165) is 15.5 Å². The predicted molar refractivity (Wildman–Crippen MR) is 102 cm³/mol. The second kappa shape index (κ2) is 8.42. The van der Waals surface area contributed by atoms with Crippen LogP contribution in [0.1, 0.15) is 30.6 Å². The van der Waals surface area contributed by atoms with Crippen molar-refractivity contribution in [3.05, 3.63) is 68.3 Å². The van der Waals surface area contributed by atoms with E-state index in [9.17, 15) is 9.59 Å². The van der Waals surface area contributed by atoms with Gasteiger partial charge >= 0.3 is 5.97 Å². The lowest BCUT2D eigenvalue weighted by Gasteiger charge is -2.08. The molecule has 0 amide bonds. The summed E-state index contributed by atoms with van der Waals surface area (Å²) in [5, 5.41) is 1.98. The molecule has 0 aliphatic heterocycles. The highest BCUT2D eigenvalue weighted by molar-refractivity contribution is 7.98. The number of Topliss-reactive ketones (excluding diaryl/α,β-unsaturated/α-hetero) is 1. The minimum absolute atomic E-state index is 0.181. The fraction of sp³-hybridized carbons (Fsp3) is 0.167. The Bertz CT molecular complexity index is 871. The lowest BCUT2D eigenvalue weighted by Crippen LogP contribution is -2.14. The second-order valence-corrected chi connectivity index (χ2v) is 8.20. The normalized spacial score (nSPS) is 10.6. The van der Waals surface area contributed by atoms with Gasteiger partial charge in [-0.1, -0.05) is 12.1 Å². The molecule has 25 heavy (non-hydrogen) atoms. The van der Waals surface area contributed by atoms with Gasteiger partial charge in [-0.3, -0.25) is 4.79 Å². The maximum Gasteiger partial charge on any atom is 0.339 e. The summed E-state index contributed by atoms with van der Waals surface area (Å²) < 4.78 is 5.22. The van der Waals surface area contributed by atoms with Crippen molar-refractivity contribution in [2.24, 2.45) is 0 Å². The number of ether oxygens (including phenoxy) is 1. The molecule has 0 radical (unpaired) electrons. The van der Waals surface area contributed by atoms with Crippen molar-refractivity contribution in [1.82, 2.24) is 4.98 Å². The Labute approximate surface area is 157 Å². The number of hydrogen-bond acceptors (Lipinski definition) is 7. The number of hydrogen-bond donors (Lipinski definition) is 0. The van der Waals surface area contributed by atoms with Gasteiger partial charge in [0.1, 0.15) is 0 Å². The van der Waals surface area contributed by atoms with Crippen molar-refractivity contribution < 1.29 is 14.3 Å². The molecular formula is C18H15NO3S3. The topological polar surface area (TPSA) is 56.3 Å². The van der Waals surface area contributed by atoms with Crippen molar-refractivity contribution in [1.29, 1.82) is 0 Å². The van der Waals surface area contributed by atoms with Crippen LogP contribution in [0, 0.1) is 6.92 Å². The Kier molecular flexibility index (Phi) is 6.01. The standard InChI is InChI=1S/C18H15NO3S3/c1-12-6-7-17(25-12)15(20)8-22-18(21)14-4-2-3-5-16(14)24-10-13-9-23-11-19-13/h2-7,9,11H,8,10H2,1H3. The van der Waals surface area contributed by atoms with Gasteiger partial charge in [0.05, 0.1) is 21.6 Å². The maximum absolute atomic E-state index is 12.4. The fourth-order valence-corrected chi connectivity index (χ4v) is 4.48. The molecule has 0 N–H and O–H groups in total. The molecule has 0 saturated carbocycles. The van der Waals surface area contributed by atoms with Gasteiger partial charge in [0.2, 0.25) is 5.78 Å². The monoisotopic (exact) mass is 389 g/mol. The highest BCUT2D eigenvalue weighted by atomic mass is 32.2. The fourth-order valence-electron chi connectivity index (χ4n) is 2.09. The molecule has 2 aromatic heterocycles. The number of carbonyl (C=O) groups excluding carboxylic acids is 2. The number of benzene rings is 1. The molecule has 0 spiro atoms. The van der Waals surface area contributed by atoms with Gasteiger partial charge in [0.15, 0.2) is 6.61 Å². The van der Waals surface area contributed by atoms with E-state index in [4.69, 9.17) is 4.74 Å². The van der Waals surface area contributed by atoms with Gasteiger partial charge in [-0.15, -0.1) is 34.4 Å². The summed E-state index contributed by atoms with van der Waals surface area (Å²) in [5.41, 5.74) is 3.23. The van der Waals surface area contributed by atoms with E-state index in [1.54, 1.807) is 35.0 Å². The van der Waals surface area contributed by atoms with E-state index in [2.05, 4.69) is 4.98 Å². The molecule has 1 aromatic carbocycles. The van der Waals surface area contributed by atoms with E-state index in [-0.39, 0.29) is 12.4 Å². The van der Waals surface area contributed by atoms with Crippen molar-refractivity contribution in [3.63, 3.8) is 0 Å². The predicted octanol–water partition coefficient (Wildman–Crippen LogP) is 4.85.